The smallest absolute Gasteiger partial charge is 0.272 e. The van der Waals surface area contributed by atoms with Crippen LogP contribution in [0.25, 0.3) is 16.3 Å². The van der Waals surface area contributed by atoms with Crippen LogP contribution in [0.15, 0.2) is 47.5 Å². The van der Waals surface area contributed by atoms with Crippen molar-refractivity contribution >= 4 is 39.2 Å². The maximum absolute atomic E-state index is 12.3. The van der Waals surface area contributed by atoms with Gasteiger partial charge in [0.25, 0.3) is 11.6 Å². The van der Waals surface area contributed by atoms with Crippen molar-refractivity contribution in [3.8, 4) is 0 Å². The normalized spacial score (nSPS) is 12.2. The van der Waals surface area contributed by atoms with Gasteiger partial charge in [-0.15, -0.1) is 0 Å². The van der Waals surface area contributed by atoms with Crippen LogP contribution in [0.1, 0.15) is 23.6 Å². The molecule has 0 aliphatic rings. The monoisotopic (exact) mass is 381 g/mol. The third-order valence-corrected chi connectivity index (χ3v) is 5.36. The van der Waals surface area contributed by atoms with Gasteiger partial charge in [-0.3, -0.25) is 14.9 Å². The minimum Gasteiger partial charge on any atom is -0.317 e. The Balaban J connectivity index is 1.95. The van der Waals surface area contributed by atoms with Gasteiger partial charge >= 0.3 is 0 Å². The van der Waals surface area contributed by atoms with E-state index in [0.29, 0.717) is 16.9 Å². The van der Waals surface area contributed by atoms with Gasteiger partial charge in [-0.2, -0.15) is 4.99 Å². The van der Waals surface area contributed by atoms with Gasteiger partial charge in [-0.25, -0.2) is 0 Å². The average Bonchev–Trinajstić information content (AvgIpc) is 2.96. The Kier molecular flexibility index (Phi) is 5.32. The van der Waals surface area contributed by atoms with E-state index in [1.54, 1.807) is 12.1 Å². The fourth-order valence-corrected chi connectivity index (χ4v) is 3.93. The number of nitro groups is 1. The van der Waals surface area contributed by atoms with Gasteiger partial charge in [0.2, 0.25) is 0 Å². The maximum Gasteiger partial charge on any atom is 0.272 e. The lowest BCUT2D eigenvalue weighted by atomic mass is 10.1. The highest BCUT2D eigenvalue weighted by Crippen LogP contribution is 2.22. The summed E-state index contributed by atoms with van der Waals surface area (Å²) in [4.78, 5) is 27.5. The van der Waals surface area contributed by atoms with E-state index in [0.717, 1.165) is 10.2 Å². The predicted octanol–water partition coefficient (Wildman–Crippen LogP) is 4.39. The molecule has 0 aliphatic heterocycles. The molecular formula is C20H19N3O3S. The largest absolute Gasteiger partial charge is 0.317 e. The fourth-order valence-electron chi connectivity index (χ4n) is 2.75. The highest BCUT2D eigenvalue weighted by Gasteiger charge is 2.08. The van der Waals surface area contributed by atoms with Crippen LogP contribution in [0.2, 0.25) is 0 Å². The number of aromatic nitrogens is 1. The molecule has 3 rings (SSSR count). The Morgan fingerprint density at radius 3 is 2.70 bits per heavy atom. The van der Waals surface area contributed by atoms with Crippen LogP contribution in [0.3, 0.4) is 0 Å². The predicted molar refractivity (Wildman–Crippen MR) is 108 cm³/mol. The Morgan fingerprint density at radius 1 is 1.26 bits per heavy atom. The lowest BCUT2D eigenvalue weighted by Gasteiger charge is -2.03. The van der Waals surface area contributed by atoms with E-state index in [1.165, 1.54) is 46.7 Å². The summed E-state index contributed by atoms with van der Waals surface area (Å²) in [7, 11) is 0. The molecule has 0 radical (unpaired) electrons. The molecule has 1 aromatic heterocycles. The zero-order valence-electron chi connectivity index (χ0n) is 15.3. The molecule has 0 N–H and O–H groups in total. The van der Waals surface area contributed by atoms with Crippen LogP contribution in [0, 0.1) is 24.0 Å². The lowest BCUT2D eigenvalue weighted by Crippen LogP contribution is -2.15. The van der Waals surface area contributed by atoms with Crippen LogP contribution < -0.4 is 4.80 Å². The van der Waals surface area contributed by atoms with Crippen LogP contribution in [0.5, 0.6) is 0 Å². The van der Waals surface area contributed by atoms with Crippen molar-refractivity contribution in [1.29, 1.82) is 0 Å². The fraction of sp³-hybridized carbons (Fsp3) is 0.200. The molecule has 27 heavy (non-hydrogen) atoms. The van der Waals surface area contributed by atoms with E-state index in [2.05, 4.69) is 31.0 Å². The van der Waals surface area contributed by atoms with Gasteiger partial charge in [0.15, 0.2) is 4.80 Å². The summed E-state index contributed by atoms with van der Waals surface area (Å²) in [5, 5.41) is 10.8. The molecular weight excluding hydrogens is 362 g/mol. The molecule has 2 aromatic carbocycles. The molecule has 0 saturated heterocycles. The highest BCUT2D eigenvalue weighted by atomic mass is 32.1. The number of benzene rings is 2. The van der Waals surface area contributed by atoms with Crippen molar-refractivity contribution in [2.75, 3.05) is 0 Å². The summed E-state index contributed by atoms with van der Waals surface area (Å²) in [5.74, 6) is -0.399. The summed E-state index contributed by atoms with van der Waals surface area (Å²) in [6, 6.07) is 10.3. The van der Waals surface area contributed by atoms with Gasteiger partial charge in [-0.1, -0.05) is 23.5 Å². The first-order chi connectivity index (χ1) is 12.9. The number of carbonyl (C=O) groups excluding carboxylic acids is 1. The Morgan fingerprint density at radius 2 is 2.00 bits per heavy atom. The quantitative estimate of drug-likeness (QED) is 0.382. The highest BCUT2D eigenvalue weighted by molar-refractivity contribution is 7.16. The summed E-state index contributed by atoms with van der Waals surface area (Å²) < 4.78 is 3.11. The van der Waals surface area contributed by atoms with Crippen LogP contribution in [0.4, 0.5) is 5.69 Å². The minimum absolute atomic E-state index is 0.0133. The molecule has 3 aromatic rings. The summed E-state index contributed by atoms with van der Waals surface area (Å²) in [6.07, 6.45) is 2.87. The number of amides is 1. The van der Waals surface area contributed by atoms with Crippen molar-refractivity contribution in [3.05, 3.63) is 74.1 Å². The molecule has 138 valence electrons. The van der Waals surface area contributed by atoms with Crippen molar-refractivity contribution in [2.45, 2.75) is 27.3 Å². The first-order valence-corrected chi connectivity index (χ1v) is 9.32. The van der Waals surface area contributed by atoms with Crippen molar-refractivity contribution in [1.82, 2.24) is 4.57 Å². The molecule has 0 spiro atoms. The minimum atomic E-state index is -0.463. The first kappa shape index (κ1) is 18.7. The van der Waals surface area contributed by atoms with Crippen LogP contribution in [-0.4, -0.2) is 15.4 Å². The van der Waals surface area contributed by atoms with Crippen molar-refractivity contribution in [2.24, 2.45) is 4.99 Å². The van der Waals surface area contributed by atoms with Crippen molar-refractivity contribution in [3.63, 3.8) is 0 Å². The third-order valence-electron chi connectivity index (χ3n) is 4.32. The Bertz CT molecular complexity index is 1140. The number of rotatable bonds is 4. The van der Waals surface area contributed by atoms with E-state index < -0.39 is 10.8 Å². The Hall–Kier alpha value is -3.06. The van der Waals surface area contributed by atoms with E-state index in [4.69, 9.17) is 0 Å². The number of nitrogens with zero attached hydrogens (tertiary/aromatic N) is 3. The molecule has 0 fully saturated rings. The molecule has 1 amide bonds. The number of aryl methyl sites for hydroxylation is 3. The topological polar surface area (TPSA) is 77.5 Å². The molecule has 0 bridgehead atoms. The number of thiazole rings is 1. The van der Waals surface area contributed by atoms with E-state index >= 15 is 0 Å². The second kappa shape index (κ2) is 7.67. The molecule has 6 nitrogen and oxygen atoms in total. The first-order valence-electron chi connectivity index (χ1n) is 8.51. The molecule has 0 aliphatic carbocycles. The number of non-ortho nitro benzene ring substituents is 1. The number of nitro benzene ring substituents is 1. The van der Waals surface area contributed by atoms with E-state index in [-0.39, 0.29) is 5.69 Å². The lowest BCUT2D eigenvalue weighted by molar-refractivity contribution is -0.384. The van der Waals surface area contributed by atoms with Gasteiger partial charge in [0, 0.05) is 24.8 Å². The molecule has 0 saturated carbocycles. The van der Waals surface area contributed by atoms with Gasteiger partial charge in [0.1, 0.15) is 0 Å². The number of hydrogen-bond acceptors (Lipinski definition) is 4. The van der Waals surface area contributed by atoms with E-state index in [1.807, 2.05) is 11.5 Å². The Labute approximate surface area is 160 Å². The standard InChI is InChI=1S/C20H19N3O3S/c1-4-22-17-10-13(2)14(3)11-18(17)27-20(22)21-19(24)9-8-15-6-5-7-16(12-15)23(25)26/h5-12H,4H2,1-3H3/b9-8+,21-20?. The van der Waals surface area contributed by atoms with E-state index in [9.17, 15) is 14.9 Å². The summed E-state index contributed by atoms with van der Waals surface area (Å²) in [6.45, 7) is 6.86. The number of carbonyl (C=O) groups is 1. The molecule has 1 heterocycles. The summed E-state index contributed by atoms with van der Waals surface area (Å²) >= 11 is 1.48. The molecule has 0 unspecified atom stereocenters. The zero-order valence-corrected chi connectivity index (χ0v) is 16.1. The number of fused-ring (bicyclic) bond motifs is 1. The van der Waals surface area contributed by atoms with Gasteiger partial charge < -0.3 is 4.57 Å². The van der Waals surface area contributed by atoms with Crippen molar-refractivity contribution < 1.29 is 9.72 Å². The summed E-state index contributed by atoms with van der Waals surface area (Å²) in [5.41, 5.74) is 4.04. The maximum atomic E-state index is 12.3. The zero-order chi connectivity index (χ0) is 19.6. The average molecular weight is 381 g/mol. The molecule has 0 atom stereocenters. The number of hydrogen-bond donors (Lipinski definition) is 0. The van der Waals surface area contributed by atoms with Crippen LogP contribution in [-0.2, 0) is 11.3 Å². The molecule has 7 heteroatoms. The van der Waals surface area contributed by atoms with Gasteiger partial charge in [0.05, 0.1) is 15.1 Å². The second-order valence-corrected chi connectivity index (χ2v) is 7.18. The SMILES string of the molecule is CCn1c(=NC(=O)/C=C/c2cccc([N+](=O)[O-])c2)sc2cc(C)c(C)cc21. The van der Waals surface area contributed by atoms with Crippen LogP contribution >= 0.6 is 11.3 Å². The third kappa shape index (κ3) is 4.03. The van der Waals surface area contributed by atoms with Gasteiger partial charge in [-0.05, 0) is 55.7 Å². The second-order valence-electron chi connectivity index (χ2n) is 6.17.